The number of amides is 1. The Labute approximate surface area is 134 Å². The molecular formula is C15H18N2O5S. The largest absolute Gasteiger partial charge is 0.481 e. The van der Waals surface area contributed by atoms with Crippen molar-refractivity contribution in [3.05, 3.63) is 29.8 Å². The first kappa shape index (κ1) is 15.9. The normalized spacial score (nSPS) is 24.7. The van der Waals surface area contributed by atoms with Gasteiger partial charge in [0.05, 0.1) is 10.8 Å². The molecule has 124 valence electrons. The summed E-state index contributed by atoms with van der Waals surface area (Å²) in [7, 11) is -3.89. The summed E-state index contributed by atoms with van der Waals surface area (Å²) in [5.41, 5.74) is 0.206. The van der Waals surface area contributed by atoms with Crippen LogP contribution in [0, 0.1) is 17.8 Å². The minimum atomic E-state index is -3.89. The molecule has 1 saturated heterocycles. The van der Waals surface area contributed by atoms with E-state index in [2.05, 4.69) is 0 Å². The molecule has 1 aliphatic heterocycles. The lowest BCUT2D eigenvalue weighted by atomic mass is 9.92. The maximum absolute atomic E-state index is 12.6. The fraction of sp³-hybridized carbons (Fsp3) is 0.467. The van der Waals surface area contributed by atoms with Crippen LogP contribution >= 0.6 is 0 Å². The Morgan fingerprint density at radius 1 is 1.22 bits per heavy atom. The minimum Gasteiger partial charge on any atom is -0.481 e. The van der Waals surface area contributed by atoms with E-state index in [9.17, 15) is 23.1 Å². The van der Waals surface area contributed by atoms with Gasteiger partial charge in [-0.15, -0.1) is 0 Å². The number of carboxylic acid groups (broad SMARTS) is 1. The molecule has 2 fully saturated rings. The van der Waals surface area contributed by atoms with E-state index in [4.69, 9.17) is 5.14 Å². The number of carboxylic acids is 1. The lowest BCUT2D eigenvalue weighted by molar-refractivity contribution is -0.142. The first-order valence-corrected chi connectivity index (χ1v) is 8.97. The number of likely N-dealkylation sites (tertiary alicyclic amines) is 1. The molecule has 2 atom stereocenters. The summed E-state index contributed by atoms with van der Waals surface area (Å²) in [4.78, 5) is 25.4. The molecule has 1 heterocycles. The number of hydrogen-bond acceptors (Lipinski definition) is 4. The zero-order valence-electron chi connectivity index (χ0n) is 12.4. The van der Waals surface area contributed by atoms with E-state index < -0.39 is 21.9 Å². The molecule has 1 amide bonds. The highest BCUT2D eigenvalue weighted by molar-refractivity contribution is 7.89. The number of nitrogens with zero attached hydrogens (tertiary/aromatic N) is 1. The Hall–Kier alpha value is -1.93. The molecule has 1 aromatic rings. The second kappa shape index (κ2) is 5.61. The molecule has 0 bridgehead atoms. The second-order valence-electron chi connectivity index (χ2n) is 6.23. The van der Waals surface area contributed by atoms with E-state index in [-0.39, 0.29) is 28.8 Å². The summed E-state index contributed by atoms with van der Waals surface area (Å²) in [6.45, 7) is 0.564. The van der Waals surface area contributed by atoms with Crippen LogP contribution in [0.2, 0.25) is 0 Å². The fourth-order valence-corrected chi connectivity index (χ4v) is 3.81. The summed E-state index contributed by atoms with van der Waals surface area (Å²) in [5, 5.41) is 14.4. The Morgan fingerprint density at radius 2 is 1.91 bits per heavy atom. The number of benzene rings is 1. The van der Waals surface area contributed by atoms with Crippen molar-refractivity contribution in [2.45, 2.75) is 17.7 Å². The molecule has 0 aromatic heterocycles. The number of sulfonamides is 1. The first-order valence-electron chi connectivity index (χ1n) is 7.42. The van der Waals surface area contributed by atoms with E-state index >= 15 is 0 Å². The maximum atomic E-state index is 12.6. The predicted octanol–water partition coefficient (Wildman–Crippen LogP) is 0.517. The number of primary sulfonamides is 1. The van der Waals surface area contributed by atoms with Crippen molar-refractivity contribution in [2.75, 3.05) is 13.1 Å². The summed E-state index contributed by atoms with van der Waals surface area (Å²) >= 11 is 0. The van der Waals surface area contributed by atoms with Gasteiger partial charge in [-0.2, -0.15) is 0 Å². The molecule has 0 unspecified atom stereocenters. The lowest BCUT2D eigenvalue weighted by Gasteiger charge is -2.16. The number of carbonyl (C=O) groups is 2. The van der Waals surface area contributed by atoms with Gasteiger partial charge in [-0.3, -0.25) is 9.59 Å². The van der Waals surface area contributed by atoms with Gasteiger partial charge in [0.2, 0.25) is 10.0 Å². The summed E-state index contributed by atoms with van der Waals surface area (Å²) < 4.78 is 22.8. The van der Waals surface area contributed by atoms with Crippen molar-refractivity contribution in [1.29, 1.82) is 0 Å². The van der Waals surface area contributed by atoms with Gasteiger partial charge in [0.25, 0.3) is 5.91 Å². The van der Waals surface area contributed by atoms with E-state index in [0.29, 0.717) is 12.5 Å². The standard InChI is InChI=1S/C15H18N2O5S/c16-23(21,22)11-3-1-2-10(6-11)14(18)17-7-12(9-4-5-9)13(8-17)15(19)20/h1-3,6,9,12-13H,4-5,7-8H2,(H,19,20)(H2,16,21,22)/t12-,13+/m0/s1. The van der Waals surface area contributed by atoms with Crippen LogP contribution in [-0.4, -0.2) is 43.4 Å². The smallest absolute Gasteiger partial charge is 0.308 e. The number of carbonyl (C=O) groups excluding carboxylic acids is 1. The highest BCUT2D eigenvalue weighted by atomic mass is 32.2. The van der Waals surface area contributed by atoms with Crippen molar-refractivity contribution < 1.29 is 23.1 Å². The van der Waals surface area contributed by atoms with Crippen LogP contribution in [0.5, 0.6) is 0 Å². The van der Waals surface area contributed by atoms with Crippen molar-refractivity contribution in [1.82, 2.24) is 4.90 Å². The summed E-state index contributed by atoms with van der Waals surface area (Å²) in [6, 6.07) is 5.52. The topological polar surface area (TPSA) is 118 Å². The Balaban J connectivity index is 1.82. The molecule has 8 heteroatoms. The molecule has 1 saturated carbocycles. The number of aliphatic carboxylic acids is 1. The van der Waals surface area contributed by atoms with Crippen molar-refractivity contribution in [3.8, 4) is 0 Å². The van der Waals surface area contributed by atoms with Gasteiger partial charge in [0, 0.05) is 18.7 Å². The highest BCUT2D eigenvalue weighted by Crippen LogP contribution is 2.44. The average Bonchev–Trinajstić information content (AvgIpc) is 3.24. The van der Waals surface area contributed by atoms with Crippen LogP contribution in [0.3, 0.4) is 0 Å². The first-order chi connectivity index (χ1) is 10.8. The van der Waals surface area contributed by atoms with E-state index in [1.54, 1.807) is 0 Å². The predicted molar refractivity (Wildman–Crippen MR) is 81.1 cm³/mol. The highest BCUT2D eigenvalue weighted by Gasteiger charge is 2.46. The van der Waals surface area contributed by atoms with Gasteiger partial charge in [0.15, 0.2) is 0 Å². The van der Waals surface area contributed by atoms with Crippen LogP contribution in [0.15, 0.2) is 29.2 Å². The monoisotopic (exact) mass is 338 g/mol. The Kier molecular flexibility index (Phi) is 3.89. The van der Waals surface area contributed by atoms with Gasteiger partial charge in [0.1, 0.15) is 0 Å². The number of nitrogens with two attached hydrogens (primary N) is 1. The summed E-state index contributed by atoms with van der Waals surface area (Å²) in [5.74, 6) is -1.42. The van der Waals surface area contributed by atoms with Crippen LogP contribution < -0.4 is 5.14 Å². The van der Waals surface area contributed by atoms with Crippen LogP contribution in [-0.2, 0) is 14.8 Å². The van der Waals surface area contributed by atoms with Gasteiger partial charge < -0.3 is 10.0 Å². The van der Waals surface area contributed by atoms with E-state index in [0.717, 1.165) is 12.8 Å². The third-order valence-electron chi connectivity index (χ3n) is 4.61. The SMILES string of the molecule is NS(=O)(=O)c1cccc(C(=O)N2C[C@@H](C(=O)O)[C@H](C3CC3)C2)c1. The summed E-state index contributed by atoms with van der Waals surface area (Å²) in [6.07, 6.45) is 2.02. The van der Waals surface area contributed by atoms with Gasteiger partial charge in [-0.25, -0.2) is 13.6 Å². The molecule has 2 aliphatic rings. The van der Waals surface area contributed by atoms with Crippen molar-refractivity contribution in [2.24, 2.45) is 22.9 Å². The molecular weight excluding hydrogens is 320 g/mol. The number of hydrogen-bond donors (Lipinski definition) is 2. The average molecular weight is 338 g/mol. The maximum Gasteiger partial charge on any atom is 0.308 e. The van der Waals surface area contributed by atoms with Gasteiger partial charge in [-0.1, -0.05) is 6.07 Å². The molecule has 7 nitrogen and oxygen atoms in total. The van der Waals surface area contributed by atoms with E-state index in [1.165, 1.54) is 29.2 Å². The zero-order valence-corrected chi connectivity index (χ0v) is 13.2. The third kappa shape index (κ3) is 3.23. The molecule has 3 N–H and O–H groups in total. The molecule has 0 spiro atoms. The van der Waals surface area contributed by atoms with Crippen LogP contribution in [0.1, 0.15) is 23.2 Å². The second-order valence-corrected chi connectivity index (χ2v) is 7.79. The quantitative estimate of drug-likeness (QED) is 0.829. The van der Waals surface area contributed by atoms with Crippen molar-refractivity contribution >= 4 is 21.9 Å². The van der Waals surface area contributed by atoms with Crippen molar-refractivity contribution in [3.63, 3.8) is 0 Å². The van der Waals surface area contributed by atoms with Crippen LogP contribution in [0.4, 0.5) is 0 Å². The zero-order chi connectivity index (χ0) is 16.8. The molecule has 0 radical (unpaired) electrons. The van der Waals surface area contributed by atoms with Crippen LogP contribution in [0.25, 0.3) is 0 Å². The van der Waals surface area contributed by atoms with Gasteiger partial charge in [-0.05, 0) is 42.9 Å². The molecule has 1 aliphatic carbocycles. The Morgan fingerprint density at radius 3 is 2.48 bits per heavy atom. The number of rotatable bonds is 4. The molecule has 3 rings (SSSR count). The minimum absolute atomic E-state index is 0.0159. The fourth-order valence-electron chi connectivity index (χ4n) is 3.25. The lowest BCUT2D eigenvalue weighted by Crippen LogP contribution is -2.30. The molecule has 1 aromatic carbocycles. The molecule has 23 heavy (non-hydrogen) atoms. The Bertz CT molecular complexity index is 757. The van der Waals surface area contributed by atoms with Gasteiger partial charge >= 0.3 is 5.97 Å². The van der Waals surface area contributed by atoms with E-state index in [1.807, 2.05) is 0 Å². The third-order valence-corrected chi connectivity index (χ3v) is 5.52.